The van der Waals surface area contributed by atoms with Crippen molar-refractivity contribution in [2.24, 2.45) is 5.10 Å². The van der Waals surface area contributed by atoms with Gasteiger partial charge < -0.3 is 4.74 Å². The van der Waals surface area contributed by atoms with E-state index in [9.17, 15) is 4.79 Å². The predicted octanol–water partition coefficient (Wildman–Crippen LogP) is 1.23. The average Bonchev–Trinajstić information content (AvgIpc) is 2.51. The quantitative estimate of drug-likeness (QED) is 0.586. The summed E-state index contributed by atoms with van der Waals surface area (Å²) in [7, 11) is 1.60. The smallest absolute Gasteiger partial charge is 0.236 e. The highest BCUT2D eigenvalue weighted by atomic mass is 32.1. The van der Waals surface area contributed by atoms with Crippen molar-refractivity contribution in [3.8, 4) is 5.75 Å². The molecule has 0 radical (unpaired) electrons. The van der Waals surface area contributed by atoms with Gasteiger partial charge in [0, 0.05) is 6.92 Å². The van der Waals surface area contributed by atoms with Gasteiger partial charge in [-0.15, -0.1) is 11.3 Å². The van der Waals surface area contributed by atoms with E-state index in [2.05, 4.69) is 10.5 Å². The summed E-state index contributed by atoms with van der Waals surface area (Å²) in [5.41, 5.74) is 2.32. The van der Waals surface area contributed by atoms with Gasteiger partial charge in [-0.2, -0.15) is 5.10 Å². The lowest BCUT2D eigenvalue weighted by atomic mass is 10.4. The molecule has 1 amide bonds. The van der Waals surface area contributed by atoms with Crippen LogP contribution in [0.3, 0.4) is 0 Å². The summed E-state index contributed by atoms with van der Waals surface area (Å²) in [5, 5.41) is 5.62. The molecule has 0 bridgehead atoms. The number of methoxy groups -OCH3 is 1. The van der Waals surface area contributed by atoms with Gasteiger partial charge in [-0.3, -0.25) is 4.79 Å². The van der Waals surface area contributed by atoms with Crippen LogP contribution in [0, 0.1) is 0 Å². The van der Waals surface area contributed by atoms with Gasteiger partial charge in [-0.25, -0.2) is 5.43 Å². The Morgan fingerprint density at radius 2 is 2.54 bits per heavy atom. The normalized spacial score (nSPS) is 10.3. The minimum atomic E-state index is -0.188. The molecule has 0 aliphatic rings. The van der Waals surface area contributed by atoms with Crippen molar-refractivity contribution in [1.29, 1.82) is 0 Å². The summed E-state index contributed by atoms with van der Waals surface area (Å²) in [6.45, 7) is 1.41. The molecule has 0 aliphatic heterocycles. The Hall–Kier alpha value is -1.36. The molecule has 0 saturated carbocycles. The van der Waals surface area contributed by atoms with Gasteiger partial charge in [-0.1, -0.05) is 0 Å². The Balaban J connectivity index is 2.62. The van der Waals surface area contributed by atoms with Gasteiger partial charge in [0.05, 0.1) is 18.2 Å². The van der Waals surface area contributed by atoms with E-state index in [1.165, 1.54) is 18.3 Å². The number of amides is 1. The molecular formula is C8H10N2O2S. The Morgan fingerprint density at radius 1 is 1.77 bits per heavy atom. The monoisotopic (exact) mass is 198 g/mol. The van der Waals surface area contributed by atoms with Crippen LogP contribution in [0.25, 0.3) is 0 Å². The van der Waals surface area contributed by atoms with Gasteiger partial charge in [0.1, 0.15) is 5.75 Å². The highest BCUT2D eigenvalue weighted by Gasteiger charge is 1.99. The predicted molar refractivity (Wildman–Crippen MR) is 52.3 cm³/mol. The molecule has 5 heteroatoms. The molecule has 0 spiro atoms. The molecule has 1 heterocycles. The summed E-state index contributed by atoms with van der Waals surface area (Å²) >= 11 is 1.50. The van der Waals surface area contributed by atoms with Crippen LogP contribution in [0.4, 0.5) is 0 Å². The number of ether oxygens (including phenoxy) is 1. The SMILES string of the molecule is COc1ccsc1/C=N/NC(C)=O. The molecular weight excluding hydrogens is 188 g/mol. The van der Waals surface area contributed by atoms with Crippen molar-refractivity contribution in [1.82, 2.24) is 5.43 Å². The third-order valence-corrected chi connectivity index (χ3v) is 2.11. The highest BCUT2D eigenvalue weighted by Crippen LogP contribution is 2.21. The van der Waals surface area contributed by atoms with Crippen molar-refractivity contribution < 1.29 is 9.53 Å². The number of hydrogen-bond acceptors (Lipinski definition) is 4. The van der Waals surface area contributed by atoms with Crippen molar-refractivity contribution in [3.63, 3.8) is 0 Å². The van der Waals surface area contributed by atoms with Crippen molar-refractivity contribution in [2.75, 3.05) is 7.11 Å². The number of hydrazone groups is 1. The lowest BCUT2D eigenvalue weighted by Gasteiger charge is -1.95. The number of thiophene rings is 1. The van der Waals surface area contributed by atoms with E-state index in [1.807, 2.05) is 11.4 Å². The van der Waals surface area contributed by atoms with E-state index in [-0.39, 0.29) is 5.91 Å². The number of carbonyl (C=O) groups excluding carboxylic acids is 1. The molecule has 4 nitrogen and oxygen atoms in total. The lowest BCUT2D eigenvalue weighted by Crippen LogP contribution is -2.12. The second-order valence-electron chi connectivity index (χ2n) is 2.28. The second kappa shape index (κ2) is 4.61. The Labute approximate surface area is 80.2 Å². The van der Waals surface area contributed by atoms with Gasteiger partial charge in [-0.05, 0) is 11.4 Å². The fraction of sp³-hybridized carbons (Fsp3) is 0.250. The van der Waals surface area contributed by atoms with E-state index in [0.717, 1.165) is 10.6 Å². The molecule has 1 N–H and O–H groups in total. The van der Waals surface area contributed by atoms with E-state index < -0.39 is 0 Å². The van der Waals surface area contributed by atoms with E-state index in [1.54, 1.807) is 13.3 Å². The van der Waals surface area contributed by atoms with Crippen LogP contribution in [0.1, 0.15) is 11.8 Å². The minimum Gasteiger partial charge on any atom is -0.495 e. The van der Waals surface area contributed by atoms with Gasteiger partial charge in [0.2, 0.25) is 5.91 Å². The van der Waals surface area contributed by atoms with E-state index in [0.29, 0.717) is 0 Å². The van der Waals surface area contributed by atoms with Gasteiger partial charge >= 0.3 is 0 Å². The average molecular weight is 198 g/mol. The first kappa shape index (κ1) is 9.73. The molecule has 1 aromatic rings. The maximum absolute atomic E-state index is 10.5. The van der Waals surface area contributed by atoms with Crippen LogP contribution in [-0.2, 0) is 4.79 Å². The van der Waals surface area contributed by atoms with Crippen LogP contribution >= 0.6 is 11.3 Å². The number of nitrogens with zero attached hydrogens (tertiary/aromatic N) is 1. The summed E-state index contributed by atoms with van der Waals surface area (Å²) < 4.78 is 5.05. The van der Waals surface area contributed by atoms with Crippen LogP contribution < -0.4 is 10.2 Å². The Morgan fingerprint density at radius 3 is 3.15 bits per heavy atom. The zero-order chi connectivity index (χ0) is 9.68. The Kier molecular flexibility index (Phi) is 3.45. The minimum absolute atomic E-state index is 0.188. The molecule has 0 aromatic carbocycles. The zero-order valence-corrected chi connectivity index (χ0v) is 8.22. The molecule has 0 saturated heterocycles. The Bertz CT molecular complexity index is 320. The van der Waals surface area contributed by atoms with Crippen LogP contribution in [0.2, 0.25) is 0 Å². The first-order chi connectivity index (χ1) is 6.24. The molecule has 13 heavy (non-hydrogen) atoms. The lowest BCUT2D eigenvalue weighted by molar-refractivity contribution is -0.118. The molecule has 1 rings (SSSR count). The van der Waals surface area contributed by atoms with Crippen LogP contribution in [0.15, 0.2) is 16.5 Å². The van der Waals surface area contributed by atoms with Crippen LogP contribution in [-0.4, -0.2) is 19.2 Å². The first-order valence-corrected chi connectivity index (χ1v) is 4.53. The molecule has 0 aliphatic carbocycles. The first-order valence-electron chi connectivity index (χ1n) is 3.65. The summed E-state index contributed by atoms with van der Waals surface area (Å²) in [6, 6.07) is 1.85. The number of nitrogens with one attached hydrogen (secondary N) is 1. The van der Waals surface area contributed by atoms with Crippen molar-refractivity contribution >= 4 is 23.5 Å². The third-order valence-electron chi connectivity index (χ3n) is 1.28. The van der Waals surface area contributed by atoms with Crippen molar-refractivity contribution in [2.45, 2.75) is 6.92 Å². The summed E-state index contributed by atoms with van der Waals surface area (Å²) in [5.74, 6) is 0.575. The van der Waals surface area contributed by atoms with E-state index >= 15 is 0 Å². The molecule has 0 atom stereocenters. The molecule has 0 unspecified atom stereocenters. The zero-order valence-electron chi connectivity index (χ0n) is 7.40. The van der Waals surface area contributed by atoms with Crippen LogP contribution in [0.5, 0.6) is 5.75 Å². The molecule has 0 fully saturated rings. The fourth-order valence-corrected chi connectivity index (χ4v) is 1.47. The van der Waals surface area contributed by atoms with Gasteiger partial charge in [0.25, 0.3) is 0 Å². The second-order valence-corrected chi connectivity index (χ2v) is 3.23. The largest absolute Gasteiger partial charge is 0.495 e. The third kappa shape index (κ3) is 2.87. The molecule has 70 valence electrons. The number of hydrogen-bond donors (Lipinski definition) is 1. The standard InChI is InChI=1S/C8H10N2O2S/c1-6(11)10-9-5-8-7(12-2)3-4-13-8/h3-5H,1-2H3,(H,10,11)/b9-5+. The van der Waals surface area contributed by atoms with Gasteiger partial charge in [0.15, 0.2) is 0 Å². The number of carbonyl (C=O) groups is 1. The highest BCUT2D eigenvalue weighted by molar-refractivity contribution is 7.12. The maximum Gasteiger partial charge on any atom is 0.236 e. The van der Waals surface area contributed by atoms with E-state index in [4.69, 9.17) is 4.74 Å². The topological polar surface area (TPSA) is 50.7 Å². The maximum atomic E-state index is 10.5. The summed E-state index contributed by atoms with van der Waals surface area (Å²) in [6.07, 6.45) is 1.56. The molecule has 1 aromatic heterocycles. The summed E-state index contributed by atoms with van der Waals surface area (Å²) in [4.78, 5) is 11.4. The van der Waals surface area contributed by atoms with Crippen molar-refractivity contribution in [3.05, 3.63) is 16.3 Å². The number of rotatable bonds is 3. The fourth-order valence-electron chi connectivity index (χ4n) is 0.754.